The maximum absolute atomic E-state index is 14.3. The van der Waals surface area contributed by atoms with Gasteiger partial charge in [-0.05, 0) is 74.6 Å². The number of aryl methyl sites for hydroxylation is 2. The minimum Gasteiger partial charge on any atom is -0.354 e. The number of nitrogens with zero attached hydrogens (tertiary/aromatic N) is 2. The summed E-state index contributed by atoms with van der Waals surface area (Å²) >= 11 is 13.0. The minimum absolute atomic E-state index is 0.0595. The SMILES string of the molecule is CCC(C(=O)NCC(C)C)N(Cc1c(Cl)cccc1Cl)C(=O)CN(c1cccc(C)c1C)S(=O)(=O)c1ccc(C)cc1. The molecule has 0 fully saturated rings. The number of hydrogen-bond acceptors (Lipinski definition) is 4. The Morgan fingerprint density at radius 3 is 2.07 bits per heavy atom. The van der Waals surface area contributed by atoms with Crippen molar-refractivity contribution in [3.63, 3.8) is 0 Å². The highest BCUT2D eigenvalue weighted by Crippen LogP contribution is 2.31. The molecular formula is C32H39Cl2N3O4S. The summed E-state index contributed by atoms with van der Waals surface area (Å²) in [6, 6.07) is 16.0. The summed E-state index contributed by atoms with van der Waals surface area (Å²) in [5.74, 6) is -0.690. The maximum atomic E-state index is 14.3. The van der Waals surface area contributed by atoms with Crippen LogP contribution in [0.3, 0.4) is 0 Å². The summed E-state index contributed by atoms with van der Waals surface area (Å²) in [5.41, 5.74) is 3.37. The van der Waals surface area contributed by atoms with Crippen molar-refractivity contribution in [1.82, 2.24) is 10.2 Å². The first-order valence-corrected chi connectivity index (χ1v) is 16.1. The number of rotatable bonds is 12. The van der Waals surface area contributed by atoms with Crippen molar-refractivity contribution in [3.05, 3.63) is 93.0 Å². The lowest BCUT2D eigenvalue weighted by atomic mass is 10.1. The Hall–Kier alpha value is -3.07. The van der Waals surface area contributed by atoms with E-state index >= 15 is 0 Å². The maximum Gasteiger partial charge on any atom is 0.264 e. The lowest BCUT2D eigenvalue weighted by Gasteiger charge is -2.34. The molecule has 0 aromatic heterocycles. The summed E-state index contributed by atoms with van der Waals surface area (Å²) in [6.45, 7) is 11.2. The third kappa shape index (κ3) is 7.85. The minimum atomic E-state index is -4.17. The number of halogens is 2. The van der Waals surface area contributed by atoms with Crippen molar-refractivity contribution in [1.29, 1.82) is 0 Å². The molecule has 0 aliphatic carbocycles. The number of sulfonamides is 1. The Labute approximate surface area is 259 Å². The fourth-order valence-electron chi connectivity index (χ4n) is 4.55. The van der Waals surface area contributed by atoms with Gasteiger partial charge < -0.3 is 10.2 Å². The third-order valence-corrected chi connectivity index (χ3v) is 9.68. The largest absolute Gasteiger partial charge is 0.354 e. The molecule has 42 heavy (non-hydrogen) atoms. The van der Waals surface area contributed by atoms with Crippen molar-refractivity contribution in [2.75, 3.05) is 17.4 Å². The smallest absolute Gasteiger partial charge is 0.264 e. The van der Waals surface area contributed by atoms with E-state index in [2.05, 4.69) is 5.32 Å². The van der Waals surface area contributed by atoms with Gasteiger partial charge in [-0.2, -0.15) is 0 Å². The van der Waals surface area contributed by atoms with E-state index in [4.69, 9.17) is 23.2 Å². The van der Waals surface area contributed by atoms with E-state index in [0.717, 1.165) is 21.0 Å². The zero-order valence-electron chi connectivity index (χ0n) is 24.9. The van der Waals surface area contributed by atoms with Gasteiger partial charge in [-0.15, -0.1) is 0 Å². The van der Waals surface area contributed by atoms with Crippen molar-refractivity contribution in [2.24, 2.45) is 5.92 Å². The normalized spacial score (nSPS) is 12.2. The molecule has 0 spiro atoms. The molecular weight excluding hydrogens is 593 g/mol. The van der Waals surface area contributed by atoms with Gasteiger partial charge in [-0.3, -0.25) is 13.9 Å². The van der Waals surface area contributed by atoms with Crippen LogP contribution in [-0.2, 0) is 26.2 Å². The standard InChI is InChI=1S/C32H39Cl2N3O4S/c1-7-29(32(39)35-18-21(2)3)36(19-26-27(33)11-9-12-28(26)34)31(38)20-37(30-13-8-10-23(5)24(30)6)42(40,41)25-16-14-22(4)15-17-25/h8-17,21,29H,7,18-20H2,1-6H3,(H,35,39). The first-order chi connectivity index (χ1) is 19.8. The highest BCUT2D eigenvalue weighted by molar-refractivity contribution is 7.92. The molecule has 2 amide bonds. The molecule has 0 aliphatic heterocycles. The Morgan fingerprint density at radius 2 is 1.50 bits per heavy atom. The van der Waals surface area contributed by atoms with Gasteiger partial charge in [0.15, 0.2) is 0 Å². The fraction of sp³-hybridized carbons (Fsp3) is 0.375. The van der Waals surface area contributed by atoms with Crippen molar-refractivity contribution in [3.8, 4) is 0 Å². The Morgan fingerprint density at radius 1 is 0.905 bits per heavy atom. The number of carbonyl (C=O) groups excluding carboxylic acids is 2. The fourth-order valence-corrected chi connectivity index (χ4v) is 6.54. The number of benzene rings is 3. The van der Waals surface area contributed by atoms with Gasteiger partial charge in [0.05, 0.1) is 10.6 Å². The monoisotopic (exact) mass is 631 g/mol. The van der Waals surface area contributed by atoms with Crippen LogP contribution < -0.4 is 9.62 Å². The first kappa shape index (κ1) is 33.4. The van der Waals surface area contributed by atoms with E-state index in [1.165, 1.54) is 17.0 Å². The van der Waals surface area contributed by atoms with E-state index in [1.54, 1.807) is 49.4 Å². The van der Waals surface area contributed by atoms with Crippen LogP contribution in [-0.4, -0.2) is 44.3 Å². The molecule has 1 N–H and O–H groups in total. The Bertz CT molecular complexity index is 1500. The van der Waals surface area contributed by atoms with Gasteiger partial charge in [0.1, 0.15) is 12.6 Å². The van der Waals surface area contributed by atoms with Gasteiger partial charge in [0.2, 0.25) is 11.8 Å². The van der Waals surface area contributed by atoms with Crippen LogP contribution in [0.5, 0.6) is 0 Å². The number of nitrogens with one attached hydrogen (secondary N) is 1. The molecule has 1 atom stereocenters. The van der Waals surface area contributed by atoms with Crippen LogP contribution in [0.25, 0.3) is 0 Å². The van der Waals surface area contributed by atoms with Gasteiger partial charge in [-0.25, -0.2) is 8.42 Å². The predicted molar refractivity (Wildman–Crippen MR) is 171 cm³/mol. The highest BCUT2D eigenvalue weighted by Gasteiger charge is 2.35. The van der Waals surface area contributed by atoms with E-state index in [0.29, 0.717) is 34.3 Å². The average Bonchev–Trinajstić information content (AvgIpc) is 2.93. The van der Waals surface area contributed by atoms with Crippen LogP contribution in [0.2, 0.25) is 10.0 Å². The molecule has 7 nitrogen and oxygen atoms in total. The highest BCUT2D eigenvalue weighted by atomic mass is 35.5. The van der Waals surface area contributed by atoms with Crippen LogP contribution in [0.4, 0.5) is 5.69 Å². The summed E-state index contributed by atoms with van der Waals surface area (Å²) in [5, 5.41) is 3.60. The third-order valence-electron chi connectivity index (χ3n) is 7.19. The molecule has 0 aliphatic rings. The zero-order chi connectivity index (χ0) is 31.2. The topological polar surface area (TPSA) is 86.8 Å². The van der Waals surface area contributed by atoms with Crippen LogP contribution in [0, 0.1) is 26.7 Å². The molecule has 226 valence electrons. The second-order valence-electron chi connectivity index (χ2n) is 10.8. The zero-order valence-corrected chi connectivity index (χ0v) is 27.3. The number of anilines is 1. The molecule has 1 unspecified atom stereocenters. The summed E-state index contributed by atoms with van der Waals surface area (Å²) in [7, 11) is -4.17. The van der Waals surface area contributed by atoms with E-state index in [9.17, 15) is 18.0 Å². The van der Waals surface area contributed by atoms with Crippen LogP contribution >= 0.6 is 23.2 Å². The summed E-state index contributed by atoms with van der Waals surface area (Å²) in [6.07, 6.45) is 0.298. The van der Waals surface area contributed by atoms with E-state index < -0.39 is 28.5 Å². The molecule has 3 aromatic rings. The second kappa shape index (κ2) is 14.4. The van der Waals surface area contributed by atoms with Gasteiger partial charge in [0.25, 0.3) is 10.0 Å². The van der Waals surface area contributed by atoms with Crippen molar-refractivity contribution < 1.29 is 18.0 Å². The molecule has 0 saturated carbocycles. The van der Waals surface area contributed by atoms with Crippen LogP contribution in [0.1, 0.15) is 49.4 Å². The molecule has 0 saturated heterocycles. The number of amides is 2. The van der Waals surface area contributed by atoms with Crippen LogP contribution in [0.15, 0.2) is 65.6 Å². The van der Waals surface area contributed by atoms with Gasteiger partial charge >= 0.3 is 0 Å². The molecule has 3 aromatic carbocycles. The Kier molecular flexibility index (Phi) is 11.5. The molecule has 0 radical (unpaired) electrons. The lowest BCUT2D eigenvalue weighted by Crippen LogP contribution is -2.52. The summed E-state index contributed by atoms with van der Waals surface area (Å²) < 4.78 is 29.4. The van der Waals surface area contributed by atoms with Crippen molar-refractivity contribution in [2.45, 2.75) is 65.4 Å². The quantitative estimate of drug-likeness (QED) is 0.241. The number of hydrogen-bond donors (Lipinski definition) is 1. The van der Waals surface area contributed by atoms with E-state index in [-0.39, 0.29) is 23.3 Å². The second-order valence-corrected chi connectivity index (χ2v) is 13.5. The lowest BCUT2D eigenvalue weighted by molar-refractivity contribution is -0.140. The Balaban J connectivity index is 2.13. The van der Waals surface area contributed by atoms with Gasteiger partial charge in [-0.1, -0.05) is 79.9 Å². The molecule has 10 heteroatoms. The average molecular weight is 633 g/mol. The molecule has 0 heterocycles. The first-order valence-electron chi connectivity index (χ1n) is 13.9. The molecule has 0 bridgehead atoms. The number of carbonyl (C=O) groups is 2. The van der Waals surface area contributed by atoms with Gasteiger partial charge in [0, 0.05) is 28.7 Å². The molecule has 3 rings (SSSR count). The predicted octanol–water partition coefficient (Wildman–Crippen LogP) is 6.69. The van der Waals surface area contributed by atoms with Crippen molar-refractivity contribution >= 4 is 50.7 Å². The van der Waals surface area contributed by atoms with E-state index in [1.807, 2.05) is 40.7 Å². The summed E-state index contributed by atoms with van der Waals surface area (Å²) in [4.78, 5) is 29.1.